The third-order valence-corrected chi connectivity index (χ3v) is 3.54. The lowest BCUT2D eigenvalue weighted by molar-refractivity contribution is -0.123. The first-order valence-corrected chi connectivity index (χ1v) is 7.28. The Morgan fingerprint density at radius 1 is 1.55 bits per heavy atom. The standard InChI is InChI=1S/C14H23N5O/c1-2-5-12(15)13(20)18-11-6-3-9-19(10-11)14-16-7-4-8-17-14/h4,7-8,11-12H,2-3,5-6,9-10,15H2,1H3,(H,18,20)/t11?,12-/m0/s1. The lowest BCUT2D eigenvalue weighted by Crippen LogP contribution is -2.52. The number of hydrogen-bond acceptors (Lipinski definition) is 5. The van der Waals surface area contributed by atoms with Crippen LogP contribution < -0.4 is 16.0 Å². The molecule has 1 aliphatic heterocycles. The Morgan fingerprint density at radius 2 is 2.30 bits per heavy atom. The maximum Gasteiger partial charge on any atom is 0.237 e. The van der Waals surface area contributed by atoms with E-state index < -0.39 is 6.04 Å². The van der Waals surface area contributed by atoms with E-state index in [1.165, 1.54) is 0 Å². The van der Waals surface area contributed by atoms with Gasteiger partial charge in [-0.3, -0.25) is 4.79 Å². The molecule has 6 heteroatoms. The first kappa shape index (κ1) is 14.7. The summed E-state index contributed by atoms with van der Waals surface area (Å²) in [5.74, 6) is 0.678. The van der Waals surface area contributed by atoms with Gasteiger partial charge in [-0.05, 0) is 25.3 Å². The Morgan fingerprint density at radius 3 is 3.00 bits per heavy atom. The van der Waals surface area contributed by atoms with Crippen LogP contribution in [-0.4, -0.2) is 41.0 Å². The van der Waals surface area contributed by atoms with Crippen LogP contribution in [0.5, 0.6) is 0 Å². The number of aromatic nitrogens is 2. The van der Waals surface area contributed by atoms with Gasteiger partial charge < -0.3 is 16.0 Å². The van der Waals surface area contributed by atoms with E-state index in [-0.39, 0.29) is 11.9 Å². The van der Waals surface area contributed by atoms with Crippen molar-refractivity contribution in [2.24, 2.45) is 5.73 Å². The van der Waals surface area contributed by atoms with Crippen molar-refractivity contribution in [1.29, 1.82) is 0 Å². The number of carbonyl (C=O) groups excluding carboxylic acids is 1. The molecule has 110 valence electrons. The molecule has 0 bridgehead atoms. The number of anilines is 1. The number of piperidine rings is 1. The van der Waals surface area contributed by atoms with Gasteiger partial charge in [0.1, 0.15) is 0 Å². The average Bonchev–Trinajstić information content (AvgIpc) is 2.48. The van der Waals surface area contributed by atoms with Gasteiger partial charge >= 0.3 is 0 Å². The summed E-state index contributed by atoms with van der Waals surface area (Å²) in [7, 11) is 0. The van der Waals surface area contributed by atoms with Gasteiger partial charge in [0.25, 0.3) is 0 Å². The molecule has 1 fully saturated rings. The van der Waals surface area contributed by atoms with E-state index in [0.717, 1.165) is 44.7 Å². The van der Waals surface area contributed by atoms with Crippen molar-refractivity contribution in [3.63, 3.8) is 0 Å². The Bertz CT molecular complexity index is 425. The van der Waals surface area contributed by atoms with E-state index in [0.29, 0.717) is 0 Å². The van der Waals surface area contributed by atoms with Gasteiger partial charge in [-0.1, -0.05) is 13.3 Å². The predicted molar refractivity (Wildman–Crippen MR) is 78.3 cm³/mol. The first-order chi connectivity index (χ1) is 9.70. The normalized spacial score (nSPS) is 20.5. The predicted octanol–water partition coefficient (Wildman–Crippen LogP) is 0.689. The summed E-state index contributed by atoms with van der Waals surface area (Å²) in [6.45, 7) is 3.70. The van der Waals surface area contributed by atoms with E-state index in [1.807, 2.05) is 6.92 Å². The lowest BCUT2D eigenvalue weighted by Gasteiger charge is -2.33. The smallest absolute Gasteiger partial charge is 0.237 e. The highest BCUT2D eigenvalue weighted by molar-refractivity contribution is 5.81. The number of nitrogens with zero attached hydrogens (tertiary/aromatic N) is 3. The van der Waals surface area contributed by atoms with Gasteiger partial charge in [0.2, 0.25) is 11.9 Å². The average molecular weight is 277 g/mol. The molecule has 3 N–H and O–H groups in total. The molecule has 1 aromatic rings. The van der Waals surface area contributed by atoms with Crippen molar-refractivity contribution >= 4 is 11.9 Å². The Hall–Kier alpha value is -1.69. The van der Waals surface area contributed by atoms with Crippen LogP contribution in [-0.2, 0) is 4.79 Å². The molecule has 1 aliphatic rings. The van der Waals surface area contributed by atoms with Crippen molar-refractivity contribution in [3.05, 3.63) is 18.5 Å². The maximum atomic E-state index is 12.0. The van der Waals surface area contributed by atoms with Gasteiger partial charge in [-0.2, -0.15) is 0 Å². The summed E-state index contributed by atoms with van der Waals surface area (Å²) in [6.07, 6.45) is 7.12. The van der Waals surface area contributed by atoms with Crippen LogP contribution in [0.2, 0.25) is 0 Å². The summed E-state index contributed by atoms with van der Waals surface area (Å²) >= 11 is 0. The Kier molecular flexibility index (Phi) is 5.29. The molecule has 1 saturated heterocycles. The van der Waals surface area contributed by atoms with Gasteiger partial charge in [0.05, 0.1) is 6.04 Å². The van der Waals surface area contributed by atoms with Crippen molar-refractivity contribution < 1.29 is 4.79 Å². The molecular weight excluding hydrogens is 254 g/mol. The summed E-state index contributed by atoms with van der Waals surface area (Å²) in [5, 5.41) is 3.04. The lowest BCUT2D eigenvalue weighted by atomic mass is 10.0. The molecule has 0 saturated carbocycles. The summed E-state index contributed by atoms with van der Waals surface area (Å²) in [6, 6.07) is 1.53. The van der Waals surface area contributed by atoms with Gasteiger partial charge in [0.15, 0.2) is 0 Å². The van der Waals surface area contributed by atoms with Crippen LogP contribution in [0, 0.1) is 0 Å². The summed E-state index contributed by atoms with van der Waals surface area (Å²) < 4.78 is 0. The molecule has 0 aromatic carbocycles. The molecule has 2 rings (SSSR count). The maximum absolute atomic E-state index is 12.0. The minimum atomic E-state index is -0.400. The second-order valence-corrected chi connectivity index (χ2v) is 5.24. The Balaban J connectivity index is 1.89. The fraction of sp³-hybridized carbons (Fsp3) is 0.643. The molecule has 20 heavy (non-hydrogen) atoms. The van der Waals surface area contributed by atoms with Crippen molar-refractivity contribution in [1.82, 2.24) is 15.3 Å². The quantitative estimate of drug-likeness (QED) is 0.827. The summed E-state index contributed by atoms with van der Waals surface area (Å²) in [4.78, 5) is 22.6. The van der Waals surface area contributed by atoms with Crippen LogP contribution in [0.15, 0.2) is 18.5 Å². The highest BCUT2D eigenvalue weighted by Crippen LogP contribution is 2.15. The molecular formula is C14H23N5O. The highest BCUT2D eigenvalue weighted by atomic mass is 16.2. The minimum Gasteiger partial charge on any atom is -0.350 e. The van der Waals surface area contributed by atoms with Gasteiger partial charge in [0, 0.05) is 31.5 Å². The number of carbonyl (C=O) groups is 1. The molecule has 6 nitrogen and oxygen atoms in total. The van der Waals surface area contributed by atoms with Crippen LogP contribution in [0.3, 0.4) is 0 Å². The third kappa shape index (κ3) is 3.90. The molecule has 1 amide bonds. The molecule has 0 radical (unpaired) electrons. The highest BCUT2D eigenvalue weighted by Gasteiger charge is 2.24. The van der Waals surface area contributed by atoms with Crippen LogP contribution in [0.25, 0.3) is 0 Å². The van der Waals surface area contributed by atoms with E-state index in [4.69, 9.17) is 5.73 Å². The van der Waals surface area contributed by atoms with Crippen molar-refractivity contribution in [3.8, 4) is 0 Å². The van der Waals surface area contributed by atoms with Crippen molar-refractivity contribution in [2.75, 3.05) is 18.0 Å². The number of hydrogen-bond donors (Lipinski definition) is 2. The molecule has 1 aromatic heterocycles. The zero-order valence-corrected chi connectivity index (χ0v) is 12.0. The largest absolute Gasteiger partial charge is 0.350 e. The minimum absolute atomic E-state index is 0.0484. The molecule has 0 spiro atoms. The van der Waals surface area contributed by atoms with E-state index in [1.54, 1.807) is 18.5 Å². The third-order valence-electron chi connectivity index (χ3n) is 3.54. The SMILES string of the molecule is CCC[C@H](N)C(=O)NC1CCCN(c2ncccn2)C1. The zero-order chi connectivity index (χ0) is 14.4. The van der Waals surface area contributed by atoms with Crippen molar-refractivity contribution in [2.45, 2.75) is 44.7 Å². The molecule has 0 aliphatic carbocycles. The van der Waals surface area contributed by atoms with E-state index in [2.05, 4.69) is 20.2 Å². The van der Waals surface area contributed by atoms with Gasteiger partial charge in [-0.15, -0.1) is 0 Å². The molecule has 2 heterocycles. The molecule has 2 atom stereocenters. The summed E-state index contributed by atoms with van der Waals surface area (Å²) in [5.41, 5.74) is 5.84. The monoisotopic (exact) mass is 277 g/mol. The zero-order valence-electron chi connectivity index (χ0n) is 12.0. The second kappa shape index (κ2) is 7.19. The van der Waals surface area contributed by atoms with Crippen LogP contribution in [0.1, 0.15) is 32.6 Å². The fourth-order valence-corrected chi connectivity index (χ4v) is 2.48. The molecule has 1 unspecified atom stereocenters. The number of nitrogens with two attached hydrogens (primary N) is 1. The second-order valence-electron chi connectivity index (χ2n) is 5.24. The Labute approximate surface area is 119 Å². The van der Waals surface area contributed by atoms with Crippen LogP contribution >= 0.6 is 0 Å². The number of nitrogens with one attached hydrogen (secondary N) is 1. The topological polar surface area (TPSA) is 84.1 Å². The number of rotatable bonds is 5. The van der Waals surface area contributed by atoms with Gasteiger partial charge in [-0.25, -0.2) is 9.97 Å². The fourth-order valence-electron chi connectivity index (χ4n) is 2.48. The van der Waals surface area contributed by atoms with E-state index in [9.17, 15) is 4.79 Å². The van der Waals surface area contributed by atoms with E-state index >= 15 is 0 Å². The first-order valence-electron chi connectivity index (χ1n) is 7.28. The van der Waals surface area contributed by atoms with Crippen LogP contribution in [0.4, 0.5) is 5.95 Å². The number of amides is 1.